The van der Waals surface area contributed by atoms with E-state index in [0.29, 0.717) is 12.1 Å². The van der Waals surface area contributed by atoms with E-state index >= 15 is 0 Å². The predicted octanol–water partition coefficient (Wildman–Crippen LogP) is 3.04. The van der Waals surface area contributed by atoms with Gasteiger partial charge in [0.25, 0.3) is 5.91 Å². The van der Waals surface area contributed by atoms with Gasteiger partial charge in [-0.05, 0) is 54.4 Å². The maximum atomic E-state index is 11.9. The minimum Gasteiger partial charge on any atom is -0.350 e. The summed E-state index contributed by atoms with van der Waals surface area (Å²) in [5, 5.41) is 11.6. The van der Waals surface area contributed by atoms with Crippen molar-refractivity contribution in [3.8, 4) is 6.07 Å². The Morgan fingerprint density at radius 1 is 1.53 bits per heavy atom. The van der Waals surface area contributed by atoms with E-state index in [1.807, 2.05) is 19.1 Å². The Kier molecular flexibility index (Phi) is 4.30. The van der Waals surface area contributed by atoms with Crippen molar-refractivity contribution in [2.45, 2.75) is 20.8 Å². The number of nitrogens with zero attached hydrogens (tertiary/aromatic N) is 1. The number of aryl methyl sites for hydroxylation is 1. The zero-order chi connectivity index (χ0) is 13.1. The van der Waals surface area contributed by atoms with Crippen LogP contribution in [-0.4, -0.2) is 12.5 Å². The summed E-state index contributed by atoms with van der Waals surface area (Å²) in [6.07, 6.45) is 0. The van der Waals surface area contributed by atoms with Crippen LogP contribution in [0.15, 0.2) is 22.7 Å². The fourth-order valence-electron chi connectivity index (χ4n) is 1.24. The molecule has 0 bridgehead atoms. The number of nitriles is 1. The highest BCUT2D eigenvalue weighted by molar-refractivity contribution is 9.10. The second-order valence-electron chi connectivity index (χ2n) is 4.66. The van der Waals surface area contributed by atoms with Crippen molar-refractivity contribution in [1.29, 1.82) is 5.26 Å². The highest BCUT2D eigenvalue weighted by Gasteiger charge is 2.18. The van der Waals surface area contributed by atoms with Crippen LogP contribution in [0, 0.1) is 23.7 Å². The smallest absolute Gasteiger partial charge is 0.252 e. The zero-order valence-electron chi connectivity index (χ0n) is 10.2. The van der Waals surface area contributed by atoms with E-state index in [1.54, 1.807) is 19.9 Å². The summed E-state index contributed by atoms with van der Waals surface area (Å²) in [7, 11) is 0. The first-order valence-electron chi connectivity index (χ1n) is 5.31. The fourth-order valence-corrected chi connectivity index (χ4v) is 1.91. The van der Waals surface area contributed by atoms with Crippen molar-refractivity contribution in [2.24, 2.45) is 5.41 Å². The van der Waals surface area contributed by atoms with Crippen LogP contribution in [0.2, 0.25) is 0 Å². The number of rotatable bonds is 3. The molecule has 0 aliphatic heterocycles. The van der Waals surface area contributed by atoms with Crippen molar-refractivity contribution >= 4 is 21.8 Å². The topological polar surface area (TPSA) is 52.9 Å². The van der Waals surface area contributed by atoms with Gasteiger partial charge in [0, 0.05) is 11.0 Å². The molecular weight excluding hydrogens is 280 g/mol. The van der Waals surface area contributed by atoms with Gasteiger partial charge in [-0.1, -0.05) is 6.07 Å². The third-order valence-corrected chi connectivity index (χ3v) is 3.02. The minimum atomic E-state index is -0.549. The maximum absolute atomic E-state index is 11.9. The molecule has 3 nitrogen and oxygen atoms in total. The zero-order valence-corrected chi connectivity index (χ0v) is 11.8. The standard InChI is InChI=1S/C13H15BrN2O/c1-9-4-5-10(11(14)6-9)12(17)16-8-13(2,3)7-15/h4-6H,8H2,1-3H3,(H,16,17). The summed E-state index contributed by atoms with van der Waals surface area (Å²) in [5.74, 6) is -0.166. The molecule has 1 aromatic carbocycles. The molecule has 4 heteroatoms. The SMILES string of the molecule is Cc1ccc(C(=O)NCC(C)(C)C#N)c(Br)c1. The lowest BCUT2D eigenvalue weighted by atomic mass is 9.96. The third kappa shape index (κ3) is 3.86. The Labute approximate surface area is 110 Å². The highest BCUT2D eigenvalue weighted by Crippen LogP contribution is 2.19. The Balaban J connectivity index is 2.75. The predicted molar refractivity (Wildman–Crippen MR) is 70.6 cm³/mol. The summed E-state index contributed by atoms with van der Waals surface area (Å²) < 4.78 is 0.768. The van der Waals surface area contributed by atoms with Gasteiger partial charge in [0.2, 0.25) is 0 Å². The average Bonchev–Trinajstić information content (AvgIpc) is 2.26. The lowest BCUT2D eigenvalue weighted by Gasteiger charge is -2.16. The van der Waals surface area contributed by atoms with E-state index in [0.717, 1.165) is 10.0 Å². The molecule has 0 aliphatic rings. The molecule has 0 fully saturated rings. The number of hydrogen-bond donors (Lipinski definition) is 1. The van der Waals surface area contributed by atoms with Crippen LogP contribution in [-0.2, 0) is 0 Å². The molecule has 0 aliphatic carbocycles. The second kappa shape index (κ2) is 5.33. The second-order valence-corrected chi connectivity index (χ2v) is 5.52. The van der Waals surface area contributed by atoms with Gasteiger partial charge in [-0.3, -0.25) is 4.79 Å². The van der Waals surface area contributed by atoms with Gasteiger partial charge >= 0.3 is 0 Å². The summed E-state index contributed by atoms with van der Waals surface area (Å²) in [6.45, 7) is 5.88. The number of hydrogen-bond acceptors (Lipinski definition) is 2. The lowest BCUT2D eigenvalue weighted by molar-refractivity contribution is 0.0943. The molecule has 0 atom stereocenters. The quantitative estimate of drug-likeness (QED) is 0.931. The van der Waals surface area contributed by atoms with Crippen molar-refractivity contribution in [2.75, 3.05) is 6.54 Å². The molecule has 17 heavy (non-hydrogen) atoms. The van der Waals surface area contributed by atoms with Crippen molar-refractivity contribution in [1.82, 2.24) is 5.32 Å². The molecule has 0 aromatic heterocycles. The van der Waals surface area contributed by atoms with Gasteiger partial charge in [-0.15, -0.1) is 0 Å². The number of benzene rings is 1. The summed E-state index contributed by atoms with van der Waals surface area (Å²) in [4.78, 5) is 11.9. The molecule has 0 saturated carbocycles. The van der Waals surface area contributed by atoms with Crippen LogP contribution in [0.4, 0.5) is 0 Å². The first kappa shape index (κ1) is 13.7. The molecule has 1 aromatic rings. The highest BCUT2D eigenvalue weighted by atomic mass is 79.9. The molecule has 0 heterocycles. The molecule has 1 amide bonds. The van der Waals surface area contributed by atoms with Crippen molar-refractivity contribution in [3.63, 3.8) is 0 Å². The minimum absolute atomic E-state index is 0.166. The van der Waals surface area contributed by atoms with Crippen LogP contribution in [0.25, 0.3) is 0 Å². The summed E-state index contributed by atoms with van der Waals surface area (Å²) in [6, 6.07) is 7.69. The van der Waals surface area contributed by atoms with E-state index in [9.17, 15) is 4.79 Å². The molecule has 0 unspecified atom stereocenters. The average molecular weight is 295 g/mol. The molecule has 90 valence electrons. The van der Waals surface area contributed by atoms with Gasteiger partial charge in [-0.2, -0.15) is 5.26 Å². The summed E-state index contributed by atoms with van der Waals surface area (Å²) >= 11 is 3.36. The lowest BCUT2D eigenvalue weighted by Crippen LogP contribution is -2.33. The molecule has 0 radical (unpaired) electrons. The van der Waals surface area contributed by atoms with Crippen molar-refractivity contribution in [3.05, 3.63) is 33.8 Å². The Bertz CT molecular complexity index is 475. The van der Waals surface area contributed by atoms with Gasteiger partial charge in [-0.25, -0.2) is 0 Å². The van der Waals surface area contributed by atoms with Gasteiger partial charge in [0.15, 0.2) is 0 Å². The van der Waals surface area contributed by atoms with Crippen LogP contribution < -0.4 is 5.32 Å². The van der Waals surface area contributed by atoms with E-state index in [2.05, 4.69) is 27.3 Å². The Morgan fingerprint density at radius 3 is 2.71 bits per heavy atom. The van der Waals surface area contributed by atoms with Crippen LogP contribution in [0.1, 0.15) is 29.8 Å². The number of carbonyl (C=O) groups excluding carboxylic acids is 1. The van der Waals surface area contributed by atoms with Crippen LogP contribution >= 0.6 is 15.9 Å². The number of halogens is 1. The van der Waals surface area contributed by atoms with Crippen molar-refractivity contribution < 1.29 is 4.79 Å². The fraction of sp³-hybridized carbons (Fsp3) is 0.385. The maximum Gasteiger partial charge on any atom is 0.252 e. The molecule has 0 saturated heterocycles. The molecule has 1 N–H and O–H groups in total. The first-order valence-corrected chi connectivity index (χ1v) is 6.10. The Morgan fingerprint density at radius 2 is 2.18 bits per heavy atom. The van der Waals surface area contributed by atoms with E-state index in [1.165, 1.54) is 0 Å². The number of amides is 1. The monoisotopic (exact) mass is 294 g/mol. The van der Waals surface area contributed by atoms with E-state index in [-0.39, 0.29) is 5.91 Å². The Hall–Kier alpha value is -1.34. The van der Waals surface area contributed by atoms with Crippen LogP contribution in [0.5, 0.6) is 0 Å². The van der Waals surface area contributed by atoms with Gasteiger partial charge < -0.3 is 5.32 Å². The molecule has 1 rings (SSSR count). The molecular formula is C13H15BrN2O. The first-order chi connectivity index (χ1) is 7.85. The third-order valence-electron chi connectivity index (χ3n) is 2.36. The largest absolute Gasteiger partial charge is 0.350 e. The van der Waals surface area contributed by atoms with E-state index in [4.69, 9.17) is 5.26 Å². The normalized spacial score (nSPS) is 10.8. The van der Waals surface area contributed by atoms with Gasteiger partial charge in [0.05, 0.1) is 17.0 Å². The van der Waals surface area contributed by atoms with E-state index < -0.39 is 5.41 Å². The number of nitrogens with one attached hydrogen (secondary N) is 1. The van der Waals surface area contributed by atoms with Crippen LogP contribution in [0.3, 0.4) is 0 Å². The van der Waals surface area contributed by atoms with Gasteiger partial charge in [0.1, 0.15) is 0 Å². The molecule has 0 spiro atoms. The summed E-state index contributed by atoms with van der Waals surface area (Å²) in [5.41, 5.74) is 1.13. The number of carbonyl (C=O) groups is 1.